The van der Waals surface area contributed by atoms with Crippen LogP contribution in [0.3, 0.4) is 0 Å². The van der Waals surface area contributed by atoms with Crippen LogP contribution in [0.1, 0.15) is 23.2 Å². The molecule has 1 aromatic rings. The van der Waals surface area contributed by atoms with Crippen LogP contribution in [0, 0.1) is 0 Å². The number of sulfone groups is 1. The number of halogens is 1. The summed E-state index contributed by atoms with van der Waals surface area (Å²) in [5.41, 5.74) is 0.261. The van der Waals surface area contributed by atoms with Gasteiger partial charge >= 0.3 is 0 Å². The van der Waals surface area contributed by atoms with Crippen LogP contribution in [0.5, 0.6) is 0 Å². The van der Waals surface area contributed by atoms with Gasteiger partial charge in [-0.1, -0.05) is 11.6 Å². The maximum Gasteiger partial charge on any atom is 0.252 e. The third-order valence-electron chi connectivity index (χ3n) is 3.13. The summed E-state index contributed by atoms with van der Waals surface area (Å²) >= 11 is 5.97. The molecule has 1 saturated heterocycles. The van der Waals surface area contributed by atoms with E-state index in [1.54, 1.807) is 0 Å². The van der Waals surface area contributed by atoms with Crippen molar-refractivity contribution >= 4 is 27.3 Å². The normalized spacial score (nSPS) is 19.0. The predicted molar refractivity (Wildman–Crippen MR) is 75.9 cm³/mol. The first-order valence-electron chi connectivity index (χ1n) is 6.27. The summed E-state index contributed by atoms with van der Waals surface area (Å²) in [5, 5.41) is 2.87. The Morgan fingerprint density at radius 2 is 2.25 bits per heavy atom. The molecule has 1 unspecified atom stereocenters. The molecular formula is C13H16ClNO4S. The molecule has 1 amide bonds. The number of benzene rings is 1. The molecule has 1 aliphatic rings. The Balaban J connectivity index is 2.06. The van der Waals surface area contributed by atoms with Gasteiger partial charge in [0, 0.05) is 19.4 Å². The van der Waals surface area contributed by atoms with Crippen molar-refractivity contribution in [2.24, 2.45) is 0 Å². The first-order valence-corrected chi connectivity index (χ1v) is 8.54. The van der Waals surface area contributed by atoms with Crippen LogP contribution in [0.2, 0.25) is 5.02 Å². The largest absolute Gasteiger partial charge is 0.376 e. The molecular weight excluding hydrogens is 302 g/mol. The minimum Gasteiger partial charge on any atom is -0.376 e. The van der Waals surface area contributed by atoms with Crippen LogP contribution in [0.15, 0.2) is 23.1 Å². The van der Waals surface area contributed by atoms with E-state index in [4.69, 9.17) is 16.3 Å². The van der Waals surface area contributed by atoms with Gasteiger partial charge in [0.1, 0.15) is 0 Å². The fraction of sp³-hybridized carbons (Fsp3) is 0.462. The van der Waals surface area contributed by atoms with Crippen LogP contribution in [-0.2, 0) is 14.6 Å². The van der Waals surface area contributed by atoms with Gasteiger partial charge in [0.2, 0.25) is 0 Å². The van der Waals surface area contributed by atoms with Crippen molar-refractivity contribution in [3.05, 3.63) is 28.8 Å². The van der Waals surface area contributed by atoms with Gasteiger partial charge in [-0.15, -0.1) is 0 Å². The third kappa shape index (κ3) is 3.71. The molecule has 20 heavy (non-hydrogen) atoms. The quantitative estimate of drug-likeness (QED) is 0.916. The summed E-state index contributed by atoms with van der Waals surface area (Å²) in [6.45, 7) is 1.16. The maximum atomic E-state index is 12.0. The van der Waals surface area contributed by atoms with Crippen LogP contribution in [-0.4, -0.2) is 39.8 Å². The molecule has 0 aromatic heterocycles. The summed E-state index contributed by atoms with van der Waals surface area (Å²) in [4.78, 5) is 12.1. The van der Waals surface area contributed by atoms with Crippen molar-refractivity contribution < 1.29 is 17.9 Å². The van der Waals surface area contributed by atoms with Crippen molar-refractivity contribution in [1.29, 1.82) is 0 Å². The van der Waals surface area contributed by atoms with E-state index in [0.717, 1.165) is 25.7 Å². The highest BCUT2D eigenvalue weighted by Gasteiger charge is 2.18. The molecule has 1 aromatic carbocycles. The second-order valence-corrected chi connectivity index (χ2v) is 7.18. The van der Waals surface area contributed by atoms with E-state index >= 15 is 0 Å². The lowest BCUT2D eigenvalue weighted by molar-refractivity contribution is 0.0858. The maximum absolute atomic E-state index is 12.0. The zero-order valence-electron chi connectivity index (χ0n) is 11.1. The van der Waals surface area contributed by atoms with E-state index in [9.17, 15) is 13.2 Å². The number of carbonyl (C=O) groups excluding carboxylic acids is 1. The van der Waals surface area contributed by atoms with Gasteiger partial charge in [-0.3, -0.25) is 4.79 Å². The second kappa shape index (κ2) is 6.11. The summed E-state index contributed by atoms with van der Waals surface area (Å²) in [7, 11) is -3.33. The third-order valence-corrected chi connectivity index (χ3v) is 4.55. The topological polar surface area (TPSA) is 72.5 Å². The fourth-order valence-electron chi connectivity index (χ4n) is 2.02. The van der Waals surface area contributed by atoms with Gasteiger partial charge in [0.05, 0.1) is 21.6 Å². The SMILES string of the molecule is CS(=O)(=O)c1ccc(C(=O)NCC2CCCO2)c(Cl)c1. The van der Waals surface area contributed by atoms with Crippen molar-refractivity contribution in [1.82, 2.24) is 5.32 Å². The van der Waals surface area contributed by atoms with Crippen molar-refractivity contribution in [2.75, 3.05) is 19.4 Å². The number of carbonyl (C=O) groups is 1. The Kier molecular flexibility index (Phi) is 4.67. The number of rotatable bonds is 4. The summed E-state index contributed by atoms with van der Waals surface area (Å²) < 4.78 is 28.2. The lowest BCUT2D eigenvalue weighted by Crippen LogP contribution is -2.31. The molecule has 0 spiro atoms. The number of hydrogen-bond acceptors (Lipinski definition) is 4. The average molecular weight is 318 g/mol. The van der Waals surface area contributed by atoms with Crippen LogP contribution in [0.25, 0.3) is 0 Å². The van der Waals surface area contributed by atoms with E-state index in [-0.39, 0.29) is 27.5 Å². The van der Waals surface area contributed by atoms with E-state index < -0.39 is 9.84 Å². The molecule has 1 aliphatic heterocycles. The summed E-state index contributed by atoms with van der Waals surface area (Å²) in [5.74, 6) is -0.328. The highest BCUT2D eigenvalue weighted by molar-refractivity contribution is 7.90. The smallest absolute Gasteiger partial charge is 0.252 e. The predicted octanol–water partition coefficient (Wildman–Crippen LogP) is 1.65. The van der Waals surface area contributed by atoms with E-state index in [0.29, 0.717) is 6.54 Å². The highest BCUT2D eigenvalue weighted by Crippen LogP contribution is 2.21. The Bertz CT molecular complexity index is 609. The molecule has 2 rings (SSSR count). The lowest BCUT2D eigenvalue weighted by Gasteiger charge is -2.11. The summed E-state index contributed by atoms with van der Waals surface area (Å²) in [6.07, 6.45) is 3.08. The molecule has 0 saturated carbocycles. The van der Waals surface area contributed by atoms with Gasteiger partial charge < -0.3 is 10.1 Å². The van der Waals surface area contributed by atoms with Gasteiger partial charge in [-0.25, -0.2) is 8.42 Å². The molecule has 5 nitrogen and oxygen atoms in total. The minimum absolute atomic E-state index is 0.0491. The highest BCUT2D eigenvalue weighted by atomic mass is 35.5. The molecule has 0 aliphatic carbocycles. The first-order chi connectivity index (χ1) is 9.38. The monoisotopic (exact) mass is 317 g/mol. The van der Waals surface area contributed by atoms with Crippen LogP contribution in [0.4, 0.5) is 0 Å². The molecule has 1 fully saturated rings. The Labute approximate surface area is 123 Å². The molecule has 1 heterocycles. The molecule has 0 radical (unpaired) electrons. The Morgan fingerprint density at radius 1 is 1.50 bits per heavy atom. The second-order valence-electron chi connectivity index (χ2n) is 4.76. The number of hydrogen-bond donors (Lipinski definition) is 1. The van der Waals surface area contributed by atoms with Crippen molar-refractivity contribution in [3.8, 4) is 0 Å². The number of amides is 1. The first kappa shape index (κ1) is 15.3. The fourth-order valence-corrected chi connectivity index (χ4v) is 3.00. The molecule has 7 heteroatoms. The zero-order valence-corrected chi connectivity index (χ0v) is 12.6. The van der Waals surface area contributed by atoms with E-state index in [1.165, 1.54) is 18.2 Å². The average Bonchev–Trinajstić information content (AvgIpc) is 2.87. The van der Waals surface area contributed by atoms with Gasteiger partial charge in [-0.2, -0.15) is 0 Å². The van der Waals surface area contributed by atoms with Gasteiger partial charge in [-0.05, 0) is 31.0 Å². The van der Waals surface area contributed by atoms with E-state index in [2.05, 4.69) is 5.32 Å². The van der Waals surface area contributed by atoms with Crippen molar-refractivity contribution in [3.63, 3.8) is 0 Å². The Hall–Kier alpha value is -1.11. The molecule has 110 valence electrons. The lowest BCUT2D eigenvalue weighted by atomic mass is 10.2. The van der Waals surface area contributed by atoms with Crippen LogP contribution < -0.4 is 5.32 Å². The van der Waals surface area contributed by atoms with Gasteiger partial charge in [0.25, 0.3) is 5.91 Å². The molecule has 1 N–H and O–H groups in total. The van der Waals surface area contributed by atoms with Crippen LogP contribution >= 0.6 is 11.6 Å². The standard InChI is InChI=1S/C13H16ClNO4S/c1-20(17,18)10-4-5-11(12(14)7-10)13(16)15-8-9-3-2-6-19-9/h4-5,7,9H,2-3,6,8H2,1H3,(H,15,16). The number of nitrogens with one attached hydrogen (secondary N) is 1. The summed E-state index contributed by atoms with van der Waals surface area (Å²) in [6, 6.07) is 4.09. The minimum atomic E-state index is -3.33. The molecule has 0 bridgehead atoms. The van der Waals surface area contributed by atoms with Crippen molar-refractivity contribution in [2.45, 2.75) is 23.8 Å². The van der Waals surface area contributed by atoms with E-state index in [1.807, 2.05) is 0 Å². The van der Waals surface area contributed by atoms with Gasteiger partial charge in [0.15, 0.2) is 9.84 Å². The molecule has 1 atom stereocenters. The number of ether oxygens (including phenoxy) is 1. The zero-order chi connectivity index (χ0) is 14.8. The Morgan fingerprint density at radius 3 is 2.80 bits per heavy atom.